The van der Waals surface area contributed by atoms with Gasteiger partial charge in [-0.15, -0.1) is 0 Å². The molecule has 2 aromatic rings. The second-order valence-electron chi connectivity index (χ2n) is 9.39. The largest absolute Gasteiger partial charge is 0.369 e. The summed E-state index contributed by atoms with van der Waals surface area (Å²) in [6.07, 6.45) is 10.2. The van der Waals surface area contributed by atoms with Crippen LogP contribution in [0.4, 0.5) is 5.69 Å². The average Bonchev–Trinajstić information content (AvgIpc) is 3.24. The maximum atomic E-state index is 13.0. The molecule has 1 amide bonds. The third kappa shape index (κ3) is 4.47. The Hall–Kier alpha value is -2.41. The molecule has 1 aromatic carbocycles. The van der Waals surface area contributed by atoms with Crippen LogP contribution in [0.3, 0.4) is 0 Å². The number of anilines is 1. The van der Waals surface area contributed by atoms with Crippen LogP contribution in [0, 0.1) is 0 Å². The van der Waals surface area contributed by atoms with Gasteiger partial charge in [0.2, 0.25) is 5.91 Å². The second kappa shape index (κ2) is 8.99. The number of fused-ring (bicyclic) bond motifs is 1. The summed E-state index contributed by atoms with van der Waals surface area (Å²) in [4.78, 5) is 34.3. The molecule has 3 heterocycles. The molecule has 166 valence electrons. The van der Waals surface area contributed by atoms with Crippen molar-refractivity contribution in [3.8, 4) is 0 Å². The molecule has 1 aliphatic carbocycles. The van der Waals surface area contributed by atoms with Crippen LogP contribution in [0.15, 0.2) is 29.3 Å². The van der Waals surface area contributed by atoms with Crippen LogP contribution in [-0.4, -0.2) is 59.1 Å². The molecule has 0 radical (unpaired) electrons. The highest BCUT2D eigenvalue weighted by Crippen LogP contribution is 2.28. The molecule has 3 aliphatic rings. The zero-order valence-electron chi connectivity index (χ0n) is 18.3. The summed E-state index contributed by atoms with van der Waals surface area (Å²) in [5.41, 5.74) is 2.03. The SMILES string of the molecule is O=C1CCCCC(CN2CCN(c3ccc4c(=O)n(C5CCCC5)cnc4c3)CC2)N1. The highest BCUT2D eigenvalue weighted by Gasteiger charge is 2.23. The molecule has 2 aliphatic heterocycles. The molecule has 5 rings (SSSR count). The van der Waals surface area contributed by atoms with Gasteiger partial charge in [-0.1, -0.05) is 19.3 Å². The second-order valence-corrected chi connectivity index (χ2v) is 9.39. The van der Waals surface area contributed by atoms with Gasteiger partial charge in [0, 0.05) is 56.9 Å². The summed E-state index contributed by atoms with van der Waals surface area (Å²) in [5, 5.41) is 3.91. The predicted molar refractivity (Wildman–Crippen MR) is 123 cm³/mol. The standard InChI is InChI=1S/C24H33N5O2/c30-23-8-4-1-5-18(26-23)16-27-11-13-28(14-12-27)20-9-10-21-22(15-20)25-17-29(24(21)31)19-6-2-3-7-19/h9-10,15,17-19H,1-8,11-14,16H2,(H,26,30). The maximum absolute atomic E-state index is 13.0. The number of benzene rings is 1. The van der Waals surface area contributed by atoms with Gasteiger partial charge in [-0.2, -0.15) is 0 Å². The Kier molecular flexibility index (Phi) is 5.94. The molecule has 1 N–H and O–H groups in total. The van der Waals surface area contributed by atoms with Crippen molar-refractivity contribution in [2.24, 2.45) is 0 Å². The van der Waals surface area contributed by atoms with E-state index in [9.17, 15) is 9.59 Å². The molecule has 0 bridgehead atoms. The van der Waals surface area contributed by atoms with E-state index in [4.69, 9.17) is 0 Å². The third-order valence-electron chi connectivity index (χ3n) is 7.27. The van der Waals surface area contributed by atoms with Gasteiger partial charge in [-0.05, 0) is 43.9 Å². The smallest absolute Gasteiger partial charge is 0.261 e. The van der Waals surface area contributed by atoms with Crippen molar-refractivity contribution in [3.05, 3.63) is 34.9 Å². The quantitative estimate of drug-likeness (QED) is 0.819. The summed E-state index contributed by atoms with van der Waals surface area (Å²) in [7, 11) is 0. The van der Waals surface area contributed by atoms with Gasteiger partial charge in [0.15, 0.2) is 0 Å². The van der Waals surface area contributed by atoms with Crippen LogP contribution in [0.25, 0.3) is 10.9 Å². The van der Waals surface area contributed by atoms with Crippen molar-refractivity contribution >= 4 is 22.5 Å². The maximum Gasteiger partial charge on any atom is 0.261 e. The number of hydrogen-bond donors (Lipinski definition) is 1. The minimum absolute atomic E-state index is 0.0960. The normalized spacial score (nSPS) is 23.8. The number of piperazine rings is 1. The van der Waals surface area contributed by atoms with Crippen LogP contribution in [-0.2, 0) is 4.79 Å². The number of nitrogens with zero attached hydrogens (tertiary/aromatic N) is 4. The molecule has 31 heavy (non-hydrogen) atoms. The van der Waals surface area contributed by atoms with Crippen LogP contribution < -0.4 is 15.8 Å². The molecule has 1 aromatic heterocycles. The molecule has 1 saturated carbocycles. The first-order valence-electron chi connectivity index (χ1n) is 11.9. The van der Waals surface area contributed by atoms with Gasteiger partial charge in [-0.25, -0.2) is 4.98 Å². The lowest BCUT2D eigenvalue weighted by Gasteiger charge is -2.37. The van der Waals surface area contributed by atoms with Crippen molar-refractivity contribution in [2.75, 3.05) is 37.6 Å². The summed E-state index contributed by atoms with van der Waals surface area (Å²) >= 11 is 0. The van der Waals surface area contributed by atoms with E-state index >= 15 is 0 Å². The van der Waals surface area contributed by atoms with E-state index in [1.807, 2.05) is 10.6 Å². The molecule has 1 atom stereocenters. The minimum atomic E-state index is 0.0960. The van der Waals surface area contributed by atoms with E-state index < -0.39 is 0 Å². The zero-order valence-corrected chi connectivity index (χ0v) is 18.3. The molecular weight excluding hydrogens is 390 g/mol. The summed E-state index contributed by atoms with van der Waals surface area (Å²) in [6.45, 7) is 4.82. The Morgan fingerprint density at radius 3 is 2.55 bits per heavy atom. The molecule has 2 saturated heterocycles. The fourth-order valence-electron chi connectivity index (χ4n) is 5.45. The molecule has 7 heteroatoms. The van der Waals surface area contributed by atoms with E-state index in [-0.39, 0.29) is 17.5 Å². The Morgan fingerprint density at radius 1 is 0.968 bits per heavy atom. The van der Waals surface area contributed by atoms with Gasteiger partial charge in [-0.3, -0.25) is 19.1 Å². The molecular formula is C24H33N5O2. The van der Waals surface area contributed by atoms with Crippen molar-refractivity contribution in [1.29, 1.82) is 0 Å². The highest BCUT2D eigenvalue weighted by atomic mass is 16.1. The first kappa shape index (κ1) is 20.5. The highest BCUT2D eigenvalue weighted by molar-refractivity contribution is 5.81. The topological polar surface area (TPSA) is 70.5 Å². The number of nitrogens with one attached hydrogen (secondary N) is 1. The first-order chi connectivity index (χ1) is 15.2. The first-order valence-corrected chi connectivity index (χ1v) is 11.9. The lowest BCUT2D eigenvalue weighted by atomic mass is 10.1. The van der Waals surface area contributed by atoms with Gasteiger partial charge in [0.1, 0.15) is 0 Å². The monoisotopic (exact) mass is 423 g/mol. The van der Waals surface area contributed by atoms with Crippen LogP contribution in [0.2, 0.25) is 0 Å². The van der Waals surface area contributed by atoms with Crippen molar-refractivity contribution in [2.45, 2.75) is 63.5 Å². The number of hydrogen-bond acceptors (Lipinski definition) is 5. The number of amides is 1. The van der Waals surface area contributed by atoms with Crippen molar-refractivity contribution in [1.82, 2.24) is 19.8 Å². The fraction of sp³-hybridized carbons (Fsp3) is 0.625. The molecule has 0 spiro atoms. The number of carbonyl (C=O) groups excluding carboxylic acids is 1. The van der Waals surface area contributed by atoms with E-state index in [0.717, 1.165) is 81.4 Å². The summed E-state index contributed by atoms with van der Waals surface area (Å²) in [5.74, 6) is 0.205. The van der Waals surface area contributed by atoms with E-state index in [2.05, 4.69) is 32.2 Å². The summed E-state index contributed by atoms with van der Waals surface area (Å²) in [6, 6.07) is 6.70. The molecule has 3 fully saturated rings. The lowest BCUT2D eigenvalue weighted by molar-refractivity contribution is -0.121. The minimum Gasteiger partial charge on any atom is -0.369 e. The number of rotatable bonds is 4. The average molecular weight is 424 g/mol. The van der Waals surface area contributed by atoms with Crippen molar-refractivity contribution < 1.29 is 4.79 Å². The summed E-state index contributed by atoms with van der Waals surface area (Å²) < 4.78 is 1.85. The molecule has 1 unspecified atom stereocenters. The Labute approximate surface area is 183 Å². The van der Waals surface area contributed by atoms with Crippen molar-refractivity contribution in [3.63, 3.8) is 0 Å². The fourth-order valence-corrected chi connectivity index (χ4v) is 5.45. The van der Waals surface area contributed by atoms with Gasteiger partial charge in [0.05, 0.1) is 17.2 Å². The van der Waals surface area contributed by atoms with E-state index in [1.54, 1.807) is 6.33 Å². The van der Waals surface area contributed by atoms with Crippen LogP contribution in [0.5, 0.6) is 0 Å². The lowest BCUT2D eigenvalue weighted by Crippen LogP contribution is -2.51. The van der Waals surface area contributed by atoms with Gasteiger partial charge in [0.25, 0.3) is 5.56 Å². The number of aromatic nitrogens is 2. The van der Waals surface area contributed by atoms with Gasteiger partial charge >= 0.3 is 0 Å². The van der Waals surface area contributed by atoms with E-state index in [0.29, 0.717) is 12.5 Å². The van der Waals surface area contributed by atoms with Crippen LogP contribution >= 0.6 is 0 Å². The Morgan fingerprint density at radius 2 is 1.74 bits per heavy atom. The van der Waals surface area contributed by atoms with E-state index in [1.165, 1.54) is 12.8 Å². The number of carbonyl (C=O) groups is 1. The Balaban J connectivity index is 1.24. The van der Waals surface area contributed by atoms with Crippen LogP contribution in [0.1, 0.15) is 57.4 Å². The predicted octanol–water partition coefficient (Wildman–Crippen LogP) is 2.69. The zero-order chi connectivity index (χ0) is 21.2. The van der Waals surface area contributed by atoms with Gasteiger partial charge < -0.3 is 10.2 Å². The Bertz CT molecular complexity index is 989. The third-order valence-corrected chi connectivity index (χ3v) is 7.27. The molecule has 7 nitrogen and oxygen atoms in total.